The predicted molar refractivity (Wildman–Crippen MR) is 104 cm³/mol. The van der Waals surface area contributed by atoms with Crippen molar-refractivity contribution in [3.05, 3.63) is 76.0 Å². The molecule has 1 N–H and O–H groups in total. The van der Waals surface area contributed by atoms with Gasteiger partial charge in [-0.15, -0.1) is 0 Å². The van der Waals surface area contributed by atoms with Crippen molar-refractivity contribution < 1.29 is 9.72 Å². The van der Waals surface area contributed by atoms with Crippen LogP contribution in [-0.4, -0.2) is 15.8 Å². The molecule has 0 bridgehead atoms. The standard InChI is InChI=1S/C19H15N3O3S/c1-13(23)20-19-21-17(18(26-19)15-5-3-2-4-6-15)12-9-14-7-10-16(11-8-14)22(24)25/h2-12H,1H3,(H,20,21,23). The first kappa shape index (κ1) is 17.5. The van der Waals surface area contributed by atoms with Crippen molar-refractivity contribution in [2.45, 2.75) is 6.92 Å². The molecule has 26 heavy (non-hydrogen) atoms. The highest BCUT2D eigenvalue weighted by Gasteiger charge is 2.12. The van der Waals surface area contributed by atoms with Crippen LogP contribution < -0.4 is 5.32 Å². The maximum absolute atomic E-state index is 11.3. The van der Waals surface area contributed by atoms with Crippen LogP contribution in [-0.2, 0) is 4.79 Å². The summed E-state index contributed by atoms with van der Waals surface area (Å²) in [5, 5.41) is 14.0. The Bertz CT molecular complexity index is 963. The molecule has 3 rings (SSSR count). The van der Waals surface area contributed by atoms with Gasteiger partial charge in [-0.1, -0.05) is 47.7 Å². The molecule has 6 nitrogen and oxygen atoms in total. The second kappa shape index (κ2) is 7.71. The number of hydrogen-bond acceptors (Lipinski definition) is 5. The predicted octanol–water partition coefficient (Wildman–Crippen LogP) is 4.85. The Balaban J connectivity index is 1.93. The van der Waals surface area contributed by atoms with Gasteiger partial charge in [0.15, 0.2) is 5.13 Å². The Morgan fingerprint density at radius 1 is 1.12 bits per heavy atom. The lowest BCUT2D eigenvalue weighted by molar-refractivity contribution is -0.384. The van der Waals surface area contributed by atoms with Crippen LogP contribution >= 0.6 is 11.3 Å². The van der Waals surface area contributed by atoms with E-state index in [-0.39, 0.29) is 11.6 Å². The number of hydrogen-bond donors (Lipinski definition) is 1. The lowest BCUT2D eigenvalue weighted by Crippen LogP contribution is -2.04. The topological polar surface area (TPSA) is 85.1 Å². The smallest absolute Gasteiger partial charge is 0.269 e. The molecule has 0 fully saturated rings. The number of amides is 1. The third-order valence-electron chi connectivity index (χ3n) is 3.51. The van der Waals surface area contributed by atoms with Gasteiger partial charge in [-0.25, -0.2) is 4.98 Å². The molecular weight excluding hydrogens is 350 g/mol. The fourth-order valence-electron chi connectivity index (χ4n) is 2.33. The monoisotopic (exact) mass is 365 g/mol. The molecule has 0 unspecified atom stereocenters. The molecule has 130 valence electrons. The number of nitro groups is 1. The van der Waals surface area contributed by atoms with Crippen LogP contribution in [0.1, 0.15) is 18.2 Å². The van der Waals surface area contributed by atoms with E-state index in [9.17, 15) is 14.9 Å². The molecule has 0 aliphatic rings. The van der Waals surface area contributed by atoms with Crippen molar-refractivity contribution in [3.8, 4) is 10.4 Å². The second-order valence-electron chi connectivity index (χ2n) is 5.46. The van der Waals surface area contributed by atoms with Crippen molar-refractivity contribution >= 4 is 40.2 Å². The fraction of sp³-hybridized carbons (Fsp3) is 0.0526. The number of nitrogens with one attached hydrogen (secondary N) is 1. The van der Waals surface area contributed by atoms with Crippen molar-refractivity contribution in [2.75, 3.05) is 5.32 Å². The molecule has 0 spiro atoms. The molecule has 0 saturated carbocycles. The van der Waals surface area contributed by atoms with Crippen molar-refractivity contribution in [1.82, 2.24) is 4.98 Å². The Labute approximate surface area is 154 Å². The first-order valence-electron chi connectivity index (χ1n) is 7.79. The van der Waals surface area contributed by atoms with Crippen LogP contribution in [0.5, 0.6) is 0 Å². The Hall–Kier alpha value is -3.32. The number of nitrogens with zero attached hydrogens (tertiary/aromatic N) is 2. The number of nitro benzene ring substituents is 1. The van der Waals surface area contributed by atoms with E-state index in [0.29, 0.717) is 5.13 Å². The van der Waals surface area contributed by atoms with Gasteiger partial charge in [-0.2, -0.15) is 0 Å². The SMILES string of the molecule is CC(=O)Nc1nc(C=Cc2ccc([N+](=O)[O-])cc2)c(-c2ccccc2)s1. The minimum absolute atomic E-state index is 0.0497. The number of rotatable bonds is 5. The quantitative estimate of drug-likeness (QED) is 0.517. The van der Waals surface area contributed by atoms with E-state index in [4.69, 9.17) is 0 Å². The maximum Gasteiger partial charge on any atom is 0.269 e. The minimum atomic E-state index is -0.429. The molecule has 0 aliphatic carbocycles. The van der Waals surface area contributed by atoms with Crippen LogP contribution in [0.15, 0.2) is 54.6 Å². The van der Waals surface area contributed by atoms with Crippen LogP contribution in [0.4, 0.5) is 10.8 Å². The Morgan fingerprint density at radius 3 is 2.42 bits per heavy atom. The van der Waals surface area contributed by atoms with E-state index < -0.39 is 4.92 Å². The number of aromatic nitrogens is 1. The van der Waals surface area contributed by atoms with Gasteiger partial charge in [0.2, 0.25) is 5.91 Å². The molecular formula is C19H15N3O3S. The first-order chi connectivity index (χ1) is 12.5. The number of carbonyl (C=O) groups is 1. The van der Waals surface area contributed by atoms with E-state index in [1.165, 1.54) is 30.4 Å². The van der Waals surface area contributed by atoms with E-state index >= 15 is 0 Å². The van der Waals surface area contributed by atoms with Crippen molar-refractivity contribution in [2.24, 2.45) is 0 Å². The summed E-state index contributed by atoms with van der Waals surface area (Å²) in [6.45, 7) is 1.44. The van der Waals surface area contributed by atoms with Gasteiger partial charge >= 0.3 is 0 Å². The summed E-state index contributed by atoms with van der Waals surface area (Å²) in [6, 6.07) is 16.1. The minimum Gasteiger partial charge on any atom is -0.302 e. The van der Waals surface area contributed by atoms with Gasteiger partial charge in [-0.3, -0.25) is 14.9 Å². The molecule has 7 heteroatoms. The highest BCUT2D eigenvalue weighted by atomic mass is 32.1. The lowest BCUT2D eigenvalue weighted by atomic mass is 10.1. The molecule has 2 aromatic carbocycles. The van der Waals surface area contributed by atoms with Crippen molar-refractivity contribution in [1.29, 1.82) is 0 Å². The average molecular weight is 365 g/mol. The number of carbonyl (C=O) groups excluding carboxylic acids is 1. The maximum atomic E-state index is 11.3. The van der Waals surface area contributed by atoms with E-state index in [2.05, 4.69) is 10.3 Å². The van der Waals surface area contributed by atoms with Gasteiger partial charge in [-0.05, 0) is 29.3 Å². The zero-order valence-corrected chi connectivity index (χ0v) is 14.7. The van der Waals surface area contributed by atoms with E-state index in [1.807, 2.05) is 42.5 Å². The normalized spacial score (nSPS) is 10.8. The summed E-state index contributed by atoms with van der Waals surface area (Å²) in [5.41, 5.74) is 2.60. The molecule has 1 amide bonds. The summed E-state index contributed by atoms with van der Waals surface area (Å²) < 4.78 is 0. The van der Waals surface area contributed by atoms with Gasteiger partial charge in [0.1, 0.15) is 0 Å². The Kier molecular flexibility index (Phi) is 5.19. The summed E-state index contributed by atoms with van der Waals surface area (Å²) in [6.07, 6.45) is 3.67. The Morgan fingerprint density at radius 2 is 1.81 bits per heavy atom. The van der Waals surface area contributed by atoms with Gasteiger partial charge in [0, 0.05) is 19.1 Å². The van der Waals surface area contributed by atoms with Crippen LogP contribution in [0.2, 0.25) is 0 Å². The lowest BCUT2D eigenvalue weighted by Gasteiger charge is -1.98. The number of anilines is 1. The number of benzene rings is 2. The first-order valence-corrected chi connectivity index (χ1v) is 8.61. The third kappa shape index (κ3) is 4.20. The van der Waals surface area contributed by atoms with E-state index in [1.54, 1.807) is 12.1 Å². The summed E-state index contributed by atoms with van der Waals surface area (Å²) in [5.74, 6) is -0.177. The van der Waals surface area contributed by atoms with Gasteiger partial charge < -0.3 is 5.32 Å². The van der Waals surface area contributed by atoms with Crippen LogP contribution in [0.25, 0.3) is 22.6 Å². The molecule has 1 heterocycles. The van der Waals surface area contributed by atoms with Gasteiger partial charge in [0.05, 0.1) is 15.5 Å². The zero-order chi connectivity index (χ0) is 18.5. The molecule has 3 aromatic rings. The summed E-state index contributed by atoms with van der Waals surface area (Å²) in [4.78, 5) is 27.0. The largest absolute Gasteiger partial charge is 0.302 e. The van der Waals surface area contributed by atoms with Crippen molar-refractivity contribution in [3.63, 3.8) is 0 Å². The van der Waals surface area contributed by atoms with Gasteiger partial charge in [0.25, 0.3) is 5.69 Å². The highest BCUT2D eigenvalue weighted by molar-refractivity contribution is 7.19. The molecule has 0 atom stereocenters. The fourth-order valence-corrected chi connectivity index (χ4v) is 3.33. The number of thiazole rings is 1. The zero-order valence-electron chi connectivity index (χ0n) is 13.9. The summed E-state index contributed by atoms with van der Waals surface area (Å²) >= 11 is 1.40. The molecule has 0 saturated heterocycles. The van der Waals surface area contributed by atoms with E-state index in [0.717, 1.165) is 21.7 Å². The van der Waals surface area contributed by atoms with Crippen LogP contribution in [0, 0.1) is 10.1 Å². The third-order valence-corrected chi connectivity index (χ3v) is 4.55. The number of non-ortho nitro benzene ring substituents is 1. The average Bonchev–Trinajstić information content (AvgIpc) is 3.03. The second-order valence-corrected chi connectivity index (χ2v) is 6.46. The molecule has 0 aliphatic heterocycles. The molecule has 1 aromatic heterocycles. The van der Waals surface area contributed by atoms with Crippen LogP contribution in [0.3, 0.4) is 0 Å². The highest BCUT2D eigenvalue weighted by Crippen LogP contribution is 2.34. The molecule has 0 radical (unpaired) electrons. The summed E-state index contributed by atoms with van der Waals surface area (Å²) in [7, 11) is 0.